The van der Waals surface area contributed by atoms with E-state index in [-0.39, 0.29) is 17.2 Å². The van der Waals surface area contributed by atoms with Gasteiger partial charge in [-0.2, -0.15) is 5.26 Å². The fraction of sp³-hybridized carbons (Fsp3) is 0.105. The molecule has 1 amide bonds. The van der Waals surface area contributed by atoms with Crippen LogP contribution in [0.4, 0.5) is 0 Å². The summed E-state index contributed by atoms with van der Waals surface area (Å²) in [5.74, 6) is -1.77. The fourth-order valence-corrected chi connectivity index (χ4v) is 2.13. The zero-order chi connectivity index (χ0) is 17.5. The van der Waals surface area contributed by atoms with Gasteiger partial charge in [0.2, 0.25) is 0 Å². The number of amides is 1. The third-order valence-corrected chi connectivity index (χ3v) is 3.47. The number of carbonyl (C=O) groups is 2. The van der Waals surface area contributed by atoms with Crippen LogP contribution in [0.2, 0.25) is 0 Å². The zero-order valence-corrected chi connectivity index (χ0v) is 13.0. The zero-order valence-electron chi connectivity index (χ0n) is 13.0. The molecule has 0 unspecified atom stereocenters. The van der Waals surface area contributed by atoms with Gasteiger partial charge < -0.3 is 15.2 Å². The Kier molecular flexibility index (Phi) is 5.48. The summed E-state index contributed by atoms with van der Waals surface area (Å²) in [6.07, 6.45) is 1.41. The number of hydrogen-bond donors (Lipinski definition) is 1. The number of rotatable bonds is 5. The molecule has 0 aliphatic rings. The molecule has 0 bridgehead atoms. The molecule has 1 N–H and O–H groups in total. The topological polar surface area (TPSA) is 93.0 Å². The van der Waals surface area contributed by atoms with Crippen molar-refractivity contribution in [1.29, 1.82) is 5.26 Å². The minimum Gasteiger partial charge on any atom is -0.545 e. The second-order valence-electron chi connectivity index (χ2n) is 5.19. The lowest BCUT2D eigenvalue weighted by atomic mass is 10.1. The van der Waals surface area contributed by atoms with Crippen molar-refractivity contribution < 1.29 is 14.7 Å². The maximum atomic E-state index is 12.2. The summed E-state index contributed by atoms with van der Waals surface area (Å²) in [6.45, 7) is 1.83. The third-order valence-electron chi connectivity index (χ3n) is 3.47. The normalized spacial score (nSPS) is 12.1. The number of carboxylic acid groups (broad SMARTS) is 1. The summed E-state index contributed by atoms with van der Waals surface area (Å²) in [4.78, 5) is 22.9. The molecule has 0 saturated carbocycles. The highest BCUT2D eigenvalue weighted by Gasteiger charge is 2.13. The van der Waals surface area contributed by atoms with Crippen LogP contribution in [0.1, 0.15) is 34.5 Å². The van der Waals surface area contributed by atoms with Gasteiger partial charge in [-0.15, -0.1) is 0 Å². The second kappa shape index (κ2) is 7.75. The lowest BCUT2D eigenvalue weighted by molar-refractivity contribution is -0.255. The van der Waals surface area contributed by atoms with Crippen molar-refractivity contribution in [3.8, 4) is 6.07 Å². The number of benzene rings is 2. The van der Waals surface area contributed by atoms with Crippen molar-refractivity contribution in [2.45, 2.75) is 13.0 Å². The minimum absolute atomic E-state index is 0.0350. The largest absolute Gasteiger partial charge is 0.545 e. The highest BCUT2D eigenvalue weighted by Crippen LogP contribution is 2.13. The van der Waals surface area contributed by atoms with Crippen LogP contribution in [0.25, 0.3) is 6.08 Å². The first-order chi connectivity index (χ1) is 11.5. The fourth-order valence-electron chi connectivity index (χ4n) is 2.13. The molecule has 0 heterocycles. The number of nitrogens with one attached hydrogen (secondary N) is 1. The summed E-state index contributed by atoms with van der Waals surface area (Å²) in [7, 11) is 0. The lowest BCUT2D eigenvalue weighted by Gasteiger charge is -2.13. The standard InChI is InChI=1S/C19H16N2O3/c1-13(15-5-3-2-4-6-15)21-18(22)17(12-20)11-14-7-9-16(10-8-14)19(23)24/h2-11,13H,1H3,(H,21,22)(H,23,24)/p-1/b17-11+/t13-/m0/s1. The summed E-state index contributed by atoms with van der Waals surface area (Å²) in [5.41, 5.74) is 1.47. The molecule has 0 aliphatic carbocycles. The number of nitrogens with zero attached hydrogens (tertiary/aromatic N) is 1. The van der Waals surface area contributed by atoms with Gasteiger partial charge in [0.15, 0.2) is 0 Å². The molecule has 0 aliphatic heterocycles. The Morgan fingerprint density at radius 2 is 1.75 bits per heavy atom. The molecule has 24 heavy (non-hydrogen) atoms. The van der Waals surface area contributed by atoms with Crippen molar-refractivity contribution in [3.63, 3.8) is 0 Å². The number of carbonyl (C=O) groups excluding carboxylic acids is 2. The Morgan fingerprint density at radius 1 is 1.12 bits per heavy atom. The Bertz CT molecular complexity index is 803. The highest BCUT2D eigenvalue weighted by molar-refractivity contribution is 6.02. The Labute approximate surface area is 139 Å². The molecular formula is C19H15N2O3-. The summed E-state index contributed by atoms with van der Waals surface area (Å²) < 4.78 is 0. The average Bonchev–Trinajstić information content (AvgIpc) is 2.60. The van der Waals surface area contributed by atoms with E-state index in [1.807, 2.05) is 43.3 Å². The van der Waals surface area contributed by atoms with E-state index >= 15 is 0 Å². The predicted molar refractivity (Wildman–Crippen MR) is 87.4 cm³/mol. The number of aromatic carboxylic acids is 1. The van der Waals surface area contributed by atoms with Gasteiger partial charge in [0.05, 0.1) is 12.0 Å². The van der Waals surface area contributed by atoms with Gasteiger partial charge in [-0.05, 0) is 29.7 Å². The van der Waals surface area contributed by atoms with Crippen LogP contribution in [0.3, 0.4) is 0 Å². The van der Waals surface area contributed by atoms with Gasteiger partial charge in [0.25, 0.3) is 5.91 Å². The molecule has 120 valence electrons. The number of hydrogen-bond acceptors (Lipinski definition) is 4. The number of carboxylic acids is 1. The Morgan fingerprint density at radius 3 is 2.29 bits per heavy atom. The molecular weight excluding hydrogens is 304 g/mol. The predicted octanol–water partition coefficient (Wildman–Crippen LogP) is 1.83. The molecule has 5 nitrogen and oxygen atoms in total. The molecule has 0 aromatic heterocycles. The summed E-state index contributed by atoms with van der Waals surface area (Å²) in [5, 5.41) is 22.7. The van der Waals surface area contributed by atoms with Gasteiger partial charge in [-0.25, -0.2) is 0 Å². The van der Waals surface area contributed by atoms with Crippen molar-refractivity contribution >= 4 is 18.0 Å². The van der Waals surface area contributed by atoms with E-state index < -0.39 is 11.9 Å². The molecule has 0 spiro atoms. The van der Waals surface area contributed by atoms with Crippen molar-refractivity contribution in [2.75, 3.05) is 0 Å². The second-order valence-corrected chi connectivity index (χ2v) is 5.19. The van der Waals surface area contributed by atoms with Crippen molar-refractivity contribution in [2.24, 2.45) is 0 Å². The molecule has 0 radical (unpaired) electrons. The average molecular weight is 319 g/mol. The van der Waals surface area contributed by atoms with E-state index in [4.69, 9.17) is 0 Å². The summed E-state index contributed by atoms with van der Waals surface area (Å²) in [6, 6.07) is 16.8. The Balaban J connectivity index is 2.13. The first-order valence-corrected chi connectivity index (χ1v) is 7.30. The van der Waals surface area contributed by atoms with E-state index in [1.54, 1.807) is 0 Å². The van der Waals surface area contributed by atoms with Crippen LogP contribution in [-0.2, 0) is 4.79 Å². The smallest absolute Gasteiger partial charge is 0.262 e. The van der Waals surface area contributed by atoms with Crippen LogP contribution >= 0.6 is 0 Å². The third kappa shape index (κ3) is 4.31. The molecule has 2 aromatic carbocycles. The maximum Gasteiger partial charge on any atom is 0.262 e. The molecule has 0 saturated heterocycles. The van der Waals surface area contributed by atoms with E-state index in [1.165, 1.54) is 30.3 Å². The van der Waals surface area contributed by atoms with Crippen molar-refractivity contribution in [3.05, 3.63) is 76.9 Å². The minimum atomic E-state index is -1.28. The van der Waals surface area contributed by atoms with E-state index in [0.29, 0.717) is 5.56 Å². The van der Waals surface area contributed by atoms with E-state index in [2.05, 4.69) is 5.32 Å². The molecule has 1 atom stereocenters. The molecule has 0 fully saturated rings. The van der Waals surface area contributed by atoms with Gasteiger partial charge >= 0.3 is 0 Å². The summed E-state index contributed by atoms with van der Waals surface area (Å²) >= 11 is 0. The van der Waals surface area contributed by atoms with Crippen LogP contribution in [0.5, 0.6) is 0 Å². The van der Waals surface area contributed by atoms with E-state index in [9.17, 15) is 20.0 Å². The van der Waals surface area contributed by atoms with Crippen molar-refractivity contribution in [1.82, 2.24) is 5.32 Å². The van der Waals surface area contributed by atoms with Crippen LogP contribution in [-0.4, -0.2) is 11.9 Å². The SMILES string of the molecule is C[C@H](NC(=O)/C(C#N)=C/c1ccc(C(=O)[O-])cc1)c1ccccc1. The van der Waals surface area contributed by atoms with Gasteiger partial charge in [0, 0.05) is 0 Å². The van der Waals surface area contributed by atoms with Gasteiger partial charge in [-0.3, -0.25) is 4.79 Å². The molecule has 2 aromatic rings. The molecule has 2 rings (SSSR count). The highest BCUT2D eigenvalue weighted by atomic mass is 16.4. The van der Waals surface area contributed by atoms with Gasteiger partial charge in [-0.1, -0.05) is 54.6 Å². The lowest BCUT2D eigenvalue weighted by Crippen LogP contribution is -2.27. The van der Waals surface area contributed by atoms with Gasteiger partial charge in [0.1, 0.15) is 11.6 Å². The number of nitriles is 1. The molecule has 5 heteroatoms. The first-order valence-electron chi connectivity index (χ1n) is 7.30. The van der Waals surface area contributed by atoms with Crippen LogP contribution in [0.15, 0.2) is 60.2 Å². The maximum absolute atomic E-state index is 12.2. The monoisotopic (exact) mass is 319 g/mol. The first kappa shape index (κ1) is 17.0. The van der Waals surface area contributed by atoms with E-state index in [0.717, 1.165) is 5.56 Å². The quantitative estimate of drug-likeness (QED) is 0.672. The Hall–Kier alpha value is -3.39. The van der Waals surface area contributed by atoms with Crippen LogP contribution in [0, 0.1) is 11.3 Å². The van der Waals surface area contributed by atoms with Crippen LogP contribution < -0.4 is 10.4 Å².